The Labute approximate surface area is 94.4 Å². The minimum Gasteiger partial charge on any atom is -0.399 e. The van der Waals surface area contributed by atoms with Gasteiger partial charge in [-0.15, -0.1) is 0 Å². The van der Waals surface area contributed by atoms with Crippen molar-refractivity contribution in [2.45, 2.75) is 23.5 Å². The van der Waals surface area contributed by atoms with Gasteiger partial charge in [-0.3, -0.25) is 4.79 Å². The van der Waals surface area contributed by atoms with Crippen molar-refractivity contribution in [2.24, 2.45) is 5.73 Å². The molecule has 0 saturated carbocycles. The molecule has 0 aliphatic rings. The molecule has 1 aromatic rings. The number of sulfone groups is 1. The largest absolute Gasteiger partial charge is 0.399 e. The van der Waals surface area contributed by atoms with Crippen LogP contribution in [0.15, 0.2) is 29.2 Å². The highest BCUT2D eigenvalue weighted by molar-refractivity contribution is 7.92. The quantitative estimate of drug-likeness (QED) is 0.741. The van der Waals surface area contributed by atoms with Crippen molar-refractivity contribution in [1.29, 1.82) is 0 Å². The summed E-state index contributed by atoms with van der Waals surface area (Å²) in [6, 6.07) is 5.82. The second kappa shape index (κ2) is 4.52. The smallest absolute Gasteiger partial charge is 0.236 e. The first-order valence-corrected chi connectivity index (χ1v) is 6.33. The number of nitrogens with two attached hydrogens (primary N) is 2. The lowest BCUT2D eigenvalue weighted by molar-refractivity contribution is -0.117. The zero-order chi connectivity index (χ0) is 12.3. The van der Waals surface area contributed by atoms with Gasteiger partial charge in [-0.2, -0.15) is 0 Å². The van der Waals surface area contributed by atoms with Crippen LogP contribution >= 0.6 is 0 Å². The fourth-order valence-corrected chi connectivity index (χ4v) is 3.07. The second-order valence-corrected chi connectivity index (χ2v) is 5.55. The summed E-state index contributed by atoms with van der Waals surface area (Å²) in [6.07, 6.45) is 0.145. The summed E-state index contributed by atoms with van der Waals surface area (Å²) < 4.78 is 24.0. The van der Waals surface area contributed by atoms with Gasteiger partial charge in [0.1, 0.15) is 5.25 Å². The number of carbonyl (C=O) groups excluding carboxylic acids is 1. The Balaban J connectivity index is 3.25. The highest BCUT2D eigenvalue weighted by Crippen LogP contribution is 2.20. The Morgan fingerprint density at radius 3 is 2.50 bits per heavy atom. The predicted molar refractivity (Wildman–Crippen MR) is 61.3 cm³/mol. The number of rotatable bonds is 4. The number of hydrogen-bond donors (Lipinski definition) is 2. The molecule has 0 saturated heterocycles. The first-order valence-electron chi connectivity index (χ1n) is 4.78. The molecule has 1 aromatic carbocycles. The molecule has 0 heterocycles. The first-order chi connectivity index (χ1) is 7.39. The maximum absolute atomic E-state index is 12.0. The van der Waals surface area contributed by atoms with E-state index in [1.807, 2.05) is 0 Å². The SMILES string of the molecule is CCC(C(N)=O)S(=O)(=O)c1cccc(N)c1. The van der Waals surface area contributed by atoms with E-state index in [-0.39, 0.29) is 11.3 Å². The molecule has 16 heavy (non-hydrogen) atoms. The summed E-state index contributed by atoms with van der Waals surface area (Å²) in [5.41, 5.74) is 10.9. The van der Waals surface area contributed by atoms with Gasteiger partial charge in [0.15, 0.2) is 9.84 Å². The lowest BCUT2D eigenvalue weighted by Gasteiger charge is -2.12. The molecule has 0 radical (unpaired) electrons. The Morgan fingerprint density at radius 1 is 1.44 bits per heavy atom. The van der Waals surface area contributed by atoms with Crippen LogP contribution < -0.4 is 11.5 Å². The van der Waals surface area contributed by atoms with Crippen molar-refractivity contribution in [3.05, 3.63) is 24.3 Å². The monoisotopic (exact) mass is 242 g/mol. The van der Waals surface area contributed by atoms with Crippen LogP contribution in [0.1, 0.15) is 13.3 Å². The fourth-order valence-electron chi connectivity index (χ4n) is 1.43. The van der Waals surface area contributed by atoms with Crippen LogP contribution in [0.3, 0.4) is 0 Å². The van der Waals surface area contributed by atoms with Crippen LogP contribution in [0.5, 0.6) is 0 Å². The van der Waals surface area contributed by atoms with Crippen molar-refractivity contribution < 1.29 is 13.2 Å². The van der Waals surface area contributed by atoms with Gasteiger partial charge in [0.2, 0.25) is 5.91 Å². The average Bonchev–Trinajstić information content (AvgIpc) is 2.17. The molecular formula is C10H14N2O3S. The number of nitrogen functional groups attached to an aromatic ring is 1. The van der Waals surface area contributed by atoms with Crippen LogP contribution in [0.4, 0.5) is 5.69 Å². The van der Waals surface area contributed by atoms with Crippen LogP contribution in [0.25, 0.3) is 0 Å². The van der Waals surface area contributed by atoms with Gasteiger partial charge < -0.3 is 11.5 Å². The van der Waals surface area contributed by atoms with E-state index in [1.54, 1.807) is 13.0 Å². The summed E-state index contributed by atoms with van der Waals surface area (Å²) in [5.74, 6) is -0.843. The van der Waals surface area contributed by atoms with Crippen molar-refractivity contribution in [2.75, 3.05) is 5.73 Å². The predicted octanol–water partition coefficient (Wildman–Crippen LogP) is 0.306. The molecule has 0 aromatic heterocycles. The Morgan fingerprint density at radius 2 is 2.06 bits per heavy atom. The fraction of sp³-hybridized carbons (Fsp3) is 0.300. The third kappa shape index (κ3) is 2.33. The molecule has 1 unspecified atom stereocenters. The molecule has 0 aliphatic heterocycles. The number of amides is 1. The van der Waals surface area contributed by atoms with E-state index in [4.69, 9.17) is 11.5 Å². The third-order valence-corrected chi connectivity index (χ3v) is 4.48. The Hall–Kier alpha value is -1.56. The van der Waals surface area contributed by atoms with E-state index in [0.717, 1.165) is 0 Å². The molecule has 1 atom stereocenters. The number of benzene rings is 1. The number of anilines is 1. The zero-order valence-corrected chi connectivity index (χ0v) is 9.70. The van der Waals surface area contributed by atoms with Crippen molar-refractivity contribution >= 4 is 21.4 Å². The maximum atomic E-state index is 12.0. The number of primary amides is 1. The van der Waals surface area contributed by atoms with E-state index in [0.29, 0.717) is 5.69 Å². The first kappa shape index (κ1) is 12.5. The molecule has 1 amide bonds. The van der Waals surface area contributed by atoms with Crippen molar-refractivity contribution in [1.82, 2.24) is 0 Å². The second-order valence-electron chi connectivity index (χ2n) is 3.42. The normalized spacial score (nSPS) is 13.3. The minimum absolute atomic E-state index is 0.0261. The number of hydrogen-bond acceptors (Lipinski definition) is 4. The lowest BCUT2D eigenvalue weighted by Crippen LogP contribution is -2.35. The molecule has 6 heteroatoms. The summed E-state index contributed by atoms with van der Waals surface area (Å²) in [4.78, 5) is 11.1. The van der Waals surface area contributed by atoms with Crippen LogP contribution in [0, 0.1) is 0 Å². The highest BCUT2D eigenvalue weighted by atomic mass is 32.2. The number of carbonyl (C=O) groups is 1. The topological polar surface area (TPSA) is 103 Å². The van der Waals surface area contributed by atoms with Crippen LogP contribution in [-0.4, -0.2) is 19.6 Å². The summed E-state index contributed by atoms with van der Waals surface area (Å²) in [6.45, 7) is 1.60. The van der Waals surface area contributed by atoms with Crippen molar-refractivity contribution in [3.8, 4) is 0 Å². The molecule has 1 rings (SSSR count). The Kier molecular flexibility index (Phi) is 3.54. The van der Waals surface area contributed by atoms with Crippen LogP contribution in [-0.2, 0) is 14.6 Å². The summed E-state index contributed by atoms with van der Waals surface area (Å²) in [7, 11) is -3.73. The van der Waals surface area contributed by atoms with Crippen molar-refractivity contribution in [3.63, 3.8) is 0 Å². The molecule has 0 spiro atoms. The van der Waals surface area contributed by atoms with Gasteiger partial charge in [-0.05, 0) is 24.6 Å². The minimum atomic E-state index is -3.73. The van der Waals surface area contributed by atoms with Crippen LogP contribution in [0.2, 0.25) is 0 Å². The standard InChI is InChI=1S/C10H14N2O3S/c1-2-9(10(12)13)16(14,15)8-5-3-4-7(11)6-8/h3-6,9H,2,11H2,1H3,(H2,12,13). The molecule has 0 bridgehead atoms. The maximum Gasteiger partial charge on any atom is 0.236 e. The van der Waals surface area contributed by atoms with Gasteiger partial charge in [-0.25, -0.2) is 8.42 Å². The lowest BCUT2D eigenvalue weighted by atomic mass is 10.3. The van der Waals surface area contributed by atoms with Gasteiger partial charge in [0.25, 0.3) is 0 Å². The van der Waals surface area contributed by atoms with Gasteiger partial charge in [0, 0.05) is 5.69 Å². The van der Waals surface area contributed by atoms with E-state index in [9.17, 15) is 13.2 Å². The molecular weight excluding hydrogens is 228 g/mol. The molecule has 0 fully saturated rings. The van der Waals surface area contributed by atoms with Gasteiger partial charge in [-0.1, -0.05) is 13.0 Å². The molecule has 0 aliphatic carbocycles. The van der Waals surface area contributed by atoms with Gasteiger partial charge >= 0.3 is 0 Å². The Bertz CT molecular complexity index is 497. The van der Waals surface area contributed by atoms with E-state index >= 15 is 0 Å². The van der Waals surface area contributed by atoms with E-state index < -0.39 is 21.0 Å². The van der Waals surface area contributed by atoms with Gasteiger partial charge in [0.05, 0.1) is 4.90 Å². The zero-order valence-electron chi connectivity index (χ0n) is 8.88. The van der Waals surface area contributed by atoms with E-state index in [2.05, 4.69) is 0 Å². The average molecular weight is 242 g/mol. The molecule has 88 valence electrons. The third-order valence-electron chi connectivity index (χ3n) is 2.25. The highest BCUT2D eigenvalue weighted by Gasteiger charge is 2.30. The van der Waals surface area contributed by atoms with E-state index in [1.165, 1.54) is 18.2 Å². The molecule has 4 N–H and O–H groups in total. The summed E-state index contributed by atoms with van der Waals surface area (Å²) >= 11 is 0. The molecule has 5 nitrogen and oxygen atoms in total. The summed E-state index contributed by atoms with van der Waals surface area (Å²) in [5, 5.41) is -1.20.